The van der Waals surface area contributed by atoms with Crippen LogP contribution in [0.25, 0.3) is 0 Å². The maximum Gasteiger partial charge on any atom is 0.225 e. The van der Waals surface area contributed by atoms with Crippen LogP contribution in [-0.2, 0) is 0 Å². The molecule has 25 heavy (non-hydrogen) atoms. The highest BCUT2D eigenvalue weighted by atomic mass is 79.9. The minimum Gasteiger partial charge on any atom is -0.338 e. The van der Waals surface area contributed by atoms with Gasteiger partial charge in [-0.05, 0) is 29.7 Å². The van der Waals surface area contributed by atoms with Gasteiger partial charge in [-0.15, -0.1) is 0 Å². The summed E-state index contributed by atoms with van der Waals surface area (Å²) in [5, 5.41) is 3.60. The van der Waals surface area contributed by atoms with E-state index in [1.54, 1.807) is 0 Å². The van der Waals surface area contributed by atoms with Crippen molar-refractivity contribution in [2.75, 3.05) is 50.7 Å². The van der Waals surface area contributed by atoms with Crippen molar-refractivity contribution in [1.82, 2.24) is 20.2 Å². The predicted molar refractivity (Wildman–Crippen MR) is 106 cm³/mol. The van der Waals surface area contributed by atoms with E-state index in [2.05, 4.69) is 72.2 Å². The number of aromatic nitrogens is 2. The summed E-state index contributed by atoms with van der Waals surface area (Å²) in [5.41, 5.74) is 1.37. The van der Waals surface area contributed by atoms with Crippen LogP contribution in [0.5, 0.6) is 0 Å². The second-order valence-electron chi connectivity index (χ2n) is 6.54. The Morgan fingerprint density at radius 1 is 1.12 bits per heavy atom. The summed E-state index contributed by atoms with van der Waals surface area (Å²) in [6.45, 7) is 9.54. The number of rotatable bonds is 7. The molecule has 3 rings (SSSR count). The highest BCUT2D eigenvalue weighted by Gasteiger charge is 2.18. The average molecular weight is 404 g/mol. The molecule has 0 spiro atoms. The lowest BCUT2D eigenvalue weighted by Crippen LogP contribution is -2.48. The van der Waals surface area contributed by atoms with Gasteiger partial charge in [0.1, 0.15) is 0 Å². The van der Waals surface area contributed by atoms with E-state index in [-0.39, 0.29) is 0 Å². The standard InChI is InChI=1S/C19H26BrN5/c1-16(17-4-2-5-18(20)14-17)15-21-8-9-24-10-12-25(13-11-24)19-22-6-3-7-23-19/h2-7,14,16,21H,8-13,15H2,1H3. The number of benzene rings is 1. The zero-order chi connectivity index (χ0) is 17.5. The van der Waals surface area contributed by atoms with Gasteiger partial charge in [0.25, 0.3) is 0 Å². The summed E-state index contributed by atoms with van der Waals surface area (Å²) >= 11 is 3.55. The molecule has 1 aliphatic rings. The van der Waals surface area contributed by atoms with Crippen LogP contribution in [-0.4, -0.2) is 60.7 Å². The second-order valence-corrected chi connectivity index (χ2v) is 7.45. The summed E-state index contributed by atoms with van der Waals surface area (Å²) in [6.07, 6.45) is 3.62. The molecule has 0 radical (unpaired) electrons. The van der Waals surface area contributed by atoms with Gasteiger partial charge >= 0.3 is 0 Å². The quantitative estimate of drug-likeness (QED) is 0.719. The molecule has 2 aromatic rings. The minimum absolute atomic E-state index is 0.518. The molecule has 0 bridgehead atoms. The molecular weight excluding hydrogens is 378 g/mol. The van der Waals surface area contributed by atoms with Crippen molar-refractivity contribution in [1.29, 1.82) is 0 Å². The second kappa shape index (κ2) is 9.27. The Labute approximate surface area is 158 Å². The summed E-state index contributed by atoms with van der Waals surface area (Å²) < 4.78 is 1.15. The van der Waals surface area contributed by atoms with E-state index >= 15 is 0 Å². The highest BCUT2D eigenvalue weighted by Crippen LogP contribution is 2.19. The Bertz CT molecular complexity index is 643. The van der Waals surface area contributed by atoms with Crippen molar-refractivity contribution in [3.63, 3.8) is 0 Å². The molecule has 6 heteroatoms. The molecule has 1 fully saturated rings. The predicted octanol–water partition coefficient (Wildman–Crippen LogP) is 2.75. The van der Waals surface area contributed by atoms with Gasteiger partial charge in [-0.1, -0.05) is 35.0 Å². The number of nitrogens with zero attached hydrogens (tertiary/aromatic N) is 4. The van der Waals surface area contributed by atoms with Gasteiger partial charge in [0.15, 0.2) is 0 Å². The number of halogens is 1. The fourth-order valence-electron chi connectivity index (χ4n) is 3.11. The third-order valence-corrected chi connectivity index (χ3v) is 5.17. The molecule has 0 saturated carbocycles. The molecule has 1 unspecified atom stereocenters. The van der Waals surface area contributed by atoms with Crippen molar-refractivity contribution < 1.29 is 0 Å². The molecule has 1 saturated heterocycles. The Morgan fingerprint density at radius 3 is 2.60 bits per heavy atom. The van der Waals surface area contributed by atoms with E-state index in [0.717, 1.165) is 56.2 Å². The van der Waals surface area contributed by atoms with E-state index in [4.69, 9.17) is 0 Å². The number of hydrogen-bond acceptors (Lipinski definition) is 5. The zero-order valence-electron chi connectivity index (χ0n) is 14.7. The fourth-order valence-corrected chi connectivity index (χ4v) is 3.53. The first-order valence-electron chi connectivity index (χ1n) is 8.93. The van der Waals surface area contributed by atoms with E-state index in [1.165, 1.54) is 5.56 Å². The maximum atomic E-state index is 4.34. The molecule has 1 aliphatic heterocycles. The van der Waals surface area contributed by atoms with Gasteiger partial charge in [-0.2, -0.15) is 0 Å². The van der Waals surface area contributed by atoms with Crippen LogP contribution in [0.4, 0.5) is 5.95 Å². The van der Waals surface area contributed by atoms with Crippen molar-refractivity contribution in [2.45, 2.75) is 12.8 Å². The Morgan fingerprint density at radius 2 is 1.88 bits per heavy atom. The molecule has 134 valence electrons. The van der Waals surface area contributed by atoms with Gasteiger partial charge in [-0.3, -0.25) is 4.90 Å². The molecule has 0 aliphatic carbocycles. The minimum atomic E-state index is 0.518. The van der Waals surface area contributed by atoms with Crippen molar-refractivity contribution in [2.24, 2.45) is 0 Å². The molecule has 1 N–H and O–H groups in total. The molecule has 5 nitrogen and oxygen atoms in total. The van der Waals surface area contributed by atoms with E-state index in [0.29, 0.717) is 5.92 Å². The van der Waals surface area contributed by atoms with Crippen molar-refractivity contribution in [3.8, 4) is 0 Å². The SMILES string of the molecule is CC(CNCCN1CCN(c2ncccn2)CC1)c1cccc(Br)c1. The smallest absolute Gasteiger partial charge is 0.225 e. The Balaban J connectivity index is 1.34. The lowest BCUT2D eigenvalue weighted by molar-refractivity contribution is 0.256. The van der Waals surface area contributed by atoms with E-state index in [9.17, 15) is 0 Å². The number of piperazine rings is 1. The van der Waals surface area contributed by atoms with Crippen LogP contribution in [0.2, 0.25) is 0 Å². The molecule has 1 aromatic heterocycles. The van der Waals surface area contributed by atoms with Gasteiger partial charge in [0, 0.05) is 62.7 Å². The van der Waals surface area contributed by atoms with E-state index in [1.807, 2.05) is 18.5 Å². The third kappa shape index (κ3) is 5.49. The molecule has 0 amide bonds. The Hall–Kier alpha value is -1.50. The lowest BCUT2D eigenvalue weighted by atomic mass is 10.0. The summed E-state index contributed by atoms with van der Waals surface area (Å²) in [7, 11) is 0. The zero-order valence-corrected chi connectivity index (χ0v) is 16.3. The van der Waals surface area contributed by atoms with Crippen molar-refractivity contribution in [3.05, 3.63) is 52.8 Å². The van der Waals surface area contributed by atoms with Crippen LogP contribution in [0.3, 0.4) is 0 Å². The van der Waals surface area contributed by atoms with Gasteiger partial charge < -0.3 is 10.2 Å². The third-order valence-electron chi connectivity index (χ3n) is 4.68. The van der Waals surface area contributed by atoms with Crippen molar-refractivity contribution >= 4 is 21.9 Å². The molecule has 1 atom stereocenters. The van der Waals surface area contributed by atoms with Crippen LogP contribution >= 0.6 is 15.9 Å². The summed E-state index contributed by atoms with van der Waals surface area (Å²) in [6, 6.07) is 10.4. The van der Waals surface area contributed by atoms with Crippen LogP contribution < -0.4 is 10.2 Å². The highest BCUT2D eigenvalue weighted by molar-refractivity contribution is 9.10. The van der Waals surface area contributed by atoms with Crippen LogP contribution in [0, 0.1) is 0 Å². The van der Waals surface area contributed by atoms with Gasteiger partial charge in [0.2, 0.25) is 5.95 Å². The molecular formula is C19H26BrN5. The topological polar surface area (TPSA) is 44.3 Å². The fraction of sp³-hybridized carbons (Fsp3) is 0.474. The average Bonchev–Trinajstić information content (AvgIpc) is 2.66. The number of anilines is 1. The van der Waals surface area contributed by atoms with Crippen LogP contribution in [0.1, 0.15) is 18.4 Å². The first-order chi connectivity index (χ1) is 12.2. The first kappa shape index (κ1) is 18.3. The molecule has 2 heterocycles. The lowest BCUT2D eigenvalue weighted by Gasteiger charge is -2.34. The van der Waals surface area contributed by atoms with Crippen LogP contribution in [0.15, 0.2) is 47.2 Å². The maximum absolute atomic E-state index is 4.34. The largest absolute Gasteiger partial charge is 0.338 e. The summed E-state index contributed by atoms with van der Waals surface area (Å²) in [4.78, 5) is 13.4. The number of nitrogens with one attached hydrogen (secondary N) is 1. The van der Waals surface area contributed by atoms with Gasteiger partial charge in [0.05, 0.1) is 0 Å². The monoisotopic (exact) mass is 403 g/mol. The van der Waals surface area contributed by atoms with E-state index < -0.39 is 0 Å². The Kier molecular flexibility index (Phi) is 6.78. The summed E-state index contributed by atoms with van der Waals surface area (Å²) in [5.74, 6) is 1.37. The first-order valence-corrected chi connectivity index (χ1v) is 9.72. The van der Waals surface area contributed by atoms with Gasteiger partial charge in [-0.25, -0.2) is 9.97 Å². The normalized spacial score (nSPS) is 16.8. The molecule has 1 aromatic carbocycles. The number of hydrogen-bond donors (Lipinski definition) is 1.